The van der Waals surface area contributed by atoms with Crippen molar-refractivity contribution in [2.75, 3.05) is 0 Å². The minimum absolute atomic E-state index is 0.274. The Morgan fingerprint density at radius 3 is 2.50 bits per heavy atom. The molecule has 0 atom stereocenters. The predicted octanol–water partition coefficient (Wildman–Crippen LogP) is 4.87. The molecule has 0 unspecified atom stereocenters. The molecule has 0 aliphatic heterocycles. The van der Waals surface area contributed by atoms with Crippen LogP contribution in [-0.4, -0.2) is 22.3 Å². The van der Waals surface area contributed by atoms with Gasteiger partial charge in [0, 0.05) is 5.56 Å². The fraction of sp³-hybridized carbons (Fsp3) is 0.0800. The van der Waals surface area contributed by atoms with Gasteiger partial charge in [-0.1, -0.05) is 42.0 Å². The van der Waals surface area contributed by atoms with Gasteiger partial charge in [-0.2, -0.15) is 10.2 Å². The second kappa shape index (κ2) is 9.70. The lowest BCUT2D eigenvalue weighted by Crippen LogP contribution is -2.17. The Morgan fingerprint density at radius 1 is 1.06 bits per heavy atom. The Labute approximate surface area is 184 Å². The Morgan fingerprint density at radius 2 is 1.78 bits per heavy atom. The molecule has 0 radical (unpaired) electrons. The van der Waals surface area contributed by atoms with E-state index in [0.29, 0.717) is 17.9 Å². The van der Waals surface area contributed by atoms with Crippen LogP contribution < -0.4 is 10.2 Å². The van der Waals surface area contributed by atoms with Crippen LogP contribution in [0.1, 0.15) is 27.2 Å². The van der Waals surface area contributed by atoms with Gasteiger partial charge < -0.3 is 4.74 Å². The van der Waals surface area contributed by atoms with Gasteiger partial charge in [-0.15, -0.1) is 0 Å². The number of carbonyl (C=O) groups excluding carboxylic acids is 1. The van der Waals surface area contributed by atoms with E-state index >= 15 is 0 Å². The molecule has 0 saturated heterocycles. The fourth-order valence-corrected chi connectivity index (χ4v) is 2.93. The number of hydrogen-bond donors (Lipinski definition) is 2. The molecule has 0 aliphatic rings. The Hall–Kier alpha value is -4.26. The van der Waals surface area contributed by atoms with Crippen LogP contribution in [-0.2, 0) is 6.61 Å². The molecule has 0 aliphatic carbocycles. The summed E-state index contributed by atoms with van der Waals surface area (Å²) in [6.45, 7) is 2.54. The van der Waals surface area contributed by atoms with Gasteiger partial charge in [-0.25, -0.2) is 9.82 Å². The fourth-order valence-electron chi connectivity index (χ4n) is 2.93. The molecule has 1 aromatic heterocycles. The number of benzene rings is 3. The third-order valence-electron chi connectivity index (χ3n) is 4.75. The number of ether oxygens (including phenoxy) is 1. The molecule has 2 N–H and O–H groups in total. The van der Waals surface area contributed by atoms with E-state index in [4.69, 9.17) is 4.74 Å². The first-order valence-electron chi connectivity index (χ1n) is 10.00. The van der Waals surface area contributed by atoms with Crippen molar-refractivity contribution in [2.45, 2.75) is 13.5 Å². The molecule has 0 bridgehead atoms. The summed E-state index contributed by atoms with van der Waals surface area (Å²) in [6.07, 6.45) is 1.43. The molecule has 32 heavy (non-hydrogen) atoms. The lowest BCUT2D eigenvalue weighted by Gasteiger charge is -2.07. The maximum absolute atomic E-state index is 12.9. The van der Waals surface area contributed by atoms with Crippen LogP contribution in [0.25, 0.3) is 11.3 Å². The van der Waals surface area contributed by atoms with E-state index in [1.54, 1.807) is 18.2 Å². The Kier molecular flexibility index (Phi) is 6.36. The maximum Gasteiger partial charge on any atom is 0.289 e. The Bertz CT molecular complexity index is 1210. The van der Waals surface area contributed by atoms with E-state index in [1.807, 2.05) is 36.4 Å². The second-order valence-corrected chi connectivity index (χ2v) is 7.22. The van der Waals surface area contributed by atoms with Crippen molar-refractivity contribution in [1.82, 2.24) is 15.6 Å². The average Bonchev–Trinajstić information content (AvgIpc) is 3.31. The number of amides is 1. The van der Waals surface area contributed by atoms with Crippen molar-refractivity contribution in [3.05, 3.63) is 107 Å². The average molecular weight is 428 g/mol. The summed E-state index contributed by atoms with van der Waals surface area (Å²) in [5.41, 5.74) is 7.15. The van der Waals surface area contributed by atoms with Crippen molar-refractivity contribution in [1.29, 1.82) is 0 Å². The highest BCUT2D eigenvalue weighted by Crippen LogP contribution is 2.22. The molecular weight excluding hydrogens is 407 g/mol. The summed E-state index contributed by atoms with van der Waals surface area (Å²) >= 11 is 0. The number of H-pyrrole nitrogens is 1. The standard InChI is InChI=1S/C25H21FN4O2/c1-17-2-4-19(5-3-17)16-32-22-12-8-20(9-13-22)23-14-24(29-28-23)25(31)30-27-15-18-6-10-21(26)11-7-18/h2-15H,16H2,1H3,(H,28,29)(H,30,31)/b27-15+. The number of aromatic amines is 1. The van der Waals surface area contributed by atoms with Crippen LogP contribution in [0.5, 0.6) is 5.75 Å². The van der Waals surface area contributed by atoms with E-state index in [2.05, 4.69) is 39.8 Å². The molecule has 1 heterocycles. The van der Waals surface area contributed by atoms with E-state index in [-0.39, 0.29) is 11.5 Å². The summed E-state index contributed by atoms with van der Waals surface area (Å²) in [4.78, 5) is 12.3. The van der Waals surface area contributed by atoms with Crippen molar-refractivity contribution < 1.29 is 13.9 Å². The first-order chi connectivity index (χ1) is 15.6. The van der Waals surface area contributed by atoms with Crippen molar-refractivity contribution in [3.8, 4) is 17.0 Å². The molecule has 4 rings (SSSR count). The van der Waals surface area contributed by atoms with Crippen LogP contribution >= 0.6 is 0 Å². The molecular formula is C25H21FN4O2. The number of carbonyl (C=O) groups is 1. The molecule has 0 spiro atoms. The number of aryl methyl sites for hydroxylation is 1. The van der Waals surface area contributed by atoms with Crippen LogP contribution in [0.15, 0.2) is 84.0 Å². The zero-order valence-corrected chi connectivity index (χ0v) is 17.4. The number of halogens is 1. The van der Waals surface area contributed by atoms with Crippen molar-refractivity contribution in [2.24, 2.45) is 5.10 Å². The number of hydrogen-bond acceptors (Lipinski definition) is 4. The number of aromatic nitrogens is 2. The lowest BCUT2D eigenvalue weighted by molar-refractivity contribution is 0.0950. The third kappa shape index (κ3) is 5.46. The summed E-state index contributed by atoms with van der Waals surface area (Å²) in [5, 5.41) is 10.8. The molecule has 160 valence electrons. The Balaban J connectivity index is 1.33. The third-order valence-corrected chi connectivity index (χ3v) is 4.75. The van der Waals surface area contributed by atoms with E-state index < -0.39 is 5.91 Å². The SMILES string of the molecule is Cc1ccc(COc2ccc(-c3cc(C(=O)N/N=C/c4ccc(F)cc4)[nH]n3)cc2)cc1. The molecule has 3 aromatic carbocycles. The van der Waals surface area contributed by atoms with Crippen molar-refractivity contribution in [3.63, 3.8) is 0 Å². The van der Waals surface area contributed by atoms with Gasteiger partial charge in [-0.3, -0.25) is 9.89 Å². The number of nitrogens with zero attached hydrogens (tertiary/aromatic N) is 2. The summed E-state index contributed by atoms with van der Waals surface area (Å²) in [6, 6.07) is 23.1. The zero-order valence-electron chi connectivity index (χ0n) is 17.4. The quantitative estimate of drug-likeness (QED) is 0.326. The summed E-state index contributed by atoms with van der Waals surface area (Å²) in [7, 11) is 0. The highest BCUT2D eigenvalue weighted by Gasteiger charge is 2.10. The lowest BCUT2D eigenvalue weighted by atomic mass is 10.1. The molecule has 6 nitrogen and oxygen atoms in total. The van der Waals surface area contributed by atoms with Gasteiger partial charge in [0.25, 0.3) is 5.91 Å². The normalized spacial score (nSPS) is 10.9. The molecule has 7 heteroatoms. The van der Waals surface area contributed by atoms with Gasteiger partial charge >= 0.3 is 0 Å². The molecule has 1 amide bonds. The van der Waals surface area contributed by atoms with Crippen LogP contribution in [0, 0.1) is 12.7 Å². The molecule has 0 saturated carbocycles. The predicted molar refractivity (Wildman–Crippen MR) is 121 cm³/mol. The van der Waals surface area contributed by atoms with E-state index in [9.17, 15) is 9.18 Å². The van der Waals surface area contributed by atoms with Gasteiger partial charge in [0.1, 0.15) is 23.9 Å². The minimum atomic E-state index is -0.430. The molecule has 4 aromatic rings. The highest BCUT2D eigenvalue weighted by molar-refractivity contribution is 5.94. The van der Waals surface area contributed by atoms with E-state index in [0.717, 1.165) is 16.9 Å². The summed E-state index contributed by atoms with van der Waals surface area (Å²) in [5.74, 6) is -0.0137. The second-order valence-electron chi connectivity index (χ2n) is 7.22. The van der Waals surface area contributed by atoms with Crippen LogP contribution in [0.2, 0.25) is 0 Å². The van der Waals surface area contributed by atoms with Gasteiger partial charge in [0.15, 0.2) is 0 Å². The minimum Gasteiger partial charge on any atom is -0.489 e. The monoisotopic (exact) mass is 428 g/mol. The largest absolute Gasteiger partial charge is 0.489 e. The number of hydrazone groups is 1. The van der Waals surface area contributed by atoms with Crippen LogP contribution in [0.3, 0.4) is 0 Å². The number of rotatable bonds is 7. The topological polar surface area (TPSA) is 79.4 Å². The van der Waals surface area contributed by atoms with E-state index in [1.165, 1.54) is 23.9 Å². The van der Waals surface area contributed by atoms with Crippen molar-refractivity contribution >= 4 is 12.1 Å². The van der Waals surface area contributed by atoms with Crippen LogP contribution in [0.4, 0.5) is 4.39 Å². The maximum atomic E-state index is 12.9. The molecule has 0 fully saturated rings. The van der Waals surface area contributed by atoms with Gasteiger partial charge in [0.05, 0.1) is 11.9 Å². The first-order valence-corrected chi connectivity index (χ1v) is 10.00. The zero-order chi connectivity index (χ0) is 22.3. The van der Waals surface area contributed by atoms with Gasteiger partial charge in [0.2, 0.25) is 0 Å². The highest BCUT2D eigenvalue weighted by atomic mass is 19.1. The number of nitrogens with one attached hydrogen (secondary N) is 2. The smallest absolute Gasteiger partial charge is 0.289 e. The van der Waals surface area contributed by atoms with Gasteiger partial charge in [-0.05, 0) is 60.5 Å². The first kappa shape index (κ1) is 21.0. The summed E-state index contributed by atoms with van der Waals surface area (Å²) < 4.78 is 18.7.